The minimum Gasteiger partial charge on any atom is -0.290 e. The van der Waals surface area contributed by atoms with Crippen molar-refractivity contribution in [1.29, 1.82) is 0 Å². The lowest BCUT2D eigenvalue weighted by Gasteiger charge is -2.04. The van der Waals surface area contributed by atoms with Crippen molar-refractivity contribution in [2.24, 2.45) is 5.10 Å². The molecule has 0 fully saturated rings. The number of hydrogen-bond donors (Lipinski definition) is 2. The largest absolute Gasteiger partial charge is 0.290 e. The molecule has 0 radical (unpaired) electrons. The zero-order valence-corrected chi connectivity index (χ0v) is 17.6. The Balaban J connectivity index is 1.76. The number of rotatable bonds is 6. The third-order valence-corrected chi connectivity index (χ3v) is 4.99. The van der Waals surface area contributed by atoms with Crippen LogP contribution in [0.2, 0.25) is 0 Å². The highest BCUT2D eigenvalue weighted by molar-refractivity contribution is 6.04. The van der Waals surface area contributed by atoms with Gasteiger partial charge in [0.15, 0.2) is 0 Å². The molecule has 164 valence electrons. The number of benzene rings is 3. The highest BCUT2D eigenvalue weighted by Gasteiger charge is 2.20. The summed E-state index contributed by atoms with van der Waals surface area (Å²) in [5.41, 5.74) is 4.69. The van der Waals surface area contributed by atoms with Gasteiger partial charge in [0.25, 0.3) is 17.2 Å². The summed E-state index contributed by atoms with van der Waals surface area (Å²) in [5, 5.41) is 18.2. The zero-order chi connectivity index (χ0) is 23.4. The van der Waals surface area contributed by atoms with Gasteiger partial charge in [-0.1, -0.05) is 48.5 Å². The Hall–Kier alpha value is -4.79. The number of non-ortho nitro benzene ring substituents is 1. The summed E-state index contributed by atoms with van der Waals surface area (Å²) in [4.78, 5) is 36.2. The van der Waals surface area contributed by atoms with E-state index in [1.54, 1.807) is 37.3 Å². The van der Waals surface area contributed by atoms with Crippen LogP contribution in [-0.2, 0) is 0 Å². The van der Waals surface area contributed by atoms with Gasteiger partial charge in [0, 0.05) is 23.3 Å². The molecule has 1 aromatic heterocycles. The SMILES string of the molecule is CC(=NNC(=O)c1ccccc1)c1c(-c2ccccc2)[nH]n(-c2ccc([N+](=O)[O-])cc2)c1=O. The van der Waals surface area contributed by atoms with Crippen molar-refractivity contribution in [3.63, 3.8) is 0 Å². The van der Waals surface area contributed by atoms with Gasteiger partial charge >= 0.3 is 0 Å². The minimum absolute atomic E-state index is 0.0803. The van der Waals surface area contributed by atoms with Gasteiger partial charge < -0.3 is 0 Å². The molecule has 2 N–H and O–H groups in total. The topological polar surface area (TPSA) is 122 Å². The second kappa shape index (κ2) is 9.15. The maximum Gasteiger partial charge on any atom is 0.281 e. The van der Waals surface area contributed by atoms with Crippen molar-refractivity contribution >= 4 is 17.3 Å². The van der Waals surface area contributed by atoms with E-state index < -0.39 is 16.4 Å². The lowest BCUT2D eigenvalue weighted by Crippen LogP contribution is -2.23. The summed E-state index contributed by atoms with van der Waals surface area (Å²) >= 11 is 0. The molecule has 0 spiro atoms. The lowest BCUT2D eigenvalue weighted by molar-refractivity contribution is -0.384. The molecule has 0 aliphatic rings. The quantitative estimate of drug-likeness (QED) is 0.268. The van der Waals surface area contributed by atoms with Gasteiger partial charge in [-0.15, -0.1) is 0 Å². The minimum atomic E-state index is -0.506. The smallest absolute Gasteiger partial charge is 0.281 e. The number of nitro benzene ring substituents is 1. The molecule has 0 bridgehead atoms. The van der Waals surface area contributed by atoms with Crippen LogP contribution in [0.1, 0.15) is 22.8 Å². The van der Waals surface area contributed by atoms with E-state index in [-0.39, 0.29) is 11.3 Å². The zero-order valence-electron chi connectivity index (χ0n) is 17.6. The van der Waals surface area contributed by atoms with Crippen molar-refractivity contribution < 1.29 is 9.72 Å². The number of hydrogen-bond acceptors (Lipinski definition) is 5. The van der Waals surface area contributed by atoms with E-state index in [0.29, 0.717) is 22.7 Å². The van der Waals surface area contributed by atoms with Crippen LogP contribution in [0.4, 0.5) is 5.69 Å². The highest BCUT2D eigenvalue weighted by Crippen LogP contribution is 2.22. The van der Waals surface area contributed by atoms with Crippen molar-refractivity contribution in [3.05, 3.63) is 117 Å². The van der Waals surface area contributed by atoms with Gasteiger partial charge in [-0.2, -0.15) is 5.10 Å². The number of nitrogens with zero attached hydrogens (tertiary/aromatic N) is 3. The first-order valence-electron chi connectivity index (χ1n) is 10.0. The number of nitrogens with one attached hydrogen (secondary N) is 2. The van der Waals surface area contributed by atoms with Gasteiger partial charge in [-0.3, -0.25) is 24.8 Å². The van der Waals surface area contributed by atoms with Crippen molar-refractivity contribution in [3.8, 4) is 16.9 Å². The van der Waals surface area contributed by atoms with E-state index in [9.17, 15) is 19.7 Å². The average molecular weight is 441 g/mol. The standard InChI is InChI=1S/C24H19N5O4/c1-16(25-26-23(30)18-10-6-3-7-11-18)21-22(17-8-4-2-5-9-17)27-28(24(21)31)19-12-14-20(15-13-19)29(32)33/h2-15,27H,1H3,(H,26,30). The van der Waals surface area contributed by atoms with E-state index in [4.69, 9.17) is 0 Å². The summed E-state index contributed by atoms with van der Waals surface area (Å²) in [5.74, 6) is -0.401. The van der Waals surface area contributed by atoms with E-state index in [0.717, 1.165) is 5.56 Å². The van der Waals surface area contributed by atoms with Crippen LogP contribution in [0, 0.1) is 10.1 Å². The summed E-state index contributed by atoms with van der Waals surface area (Å²) in [6.07, 6.45) is 0. The second-order valence-corrected chi connectivity index (χ2v) is 7.15. The van der Waals surface area contributed by atoms with Crippen molar-refractivity contribution in [1.82, 2.24) is 15.2 Å². The highest BCUT2D eigenvalue weighted by atomic mass is 16.6. The third-order valence-electron chi connectivity index (χ3n) is 4.99. The Morgan fingerprint density at radius 1 is 0.970 bits per heavy atom. The Kier molecular flexibility index (Phi) is 5.94. The predicted molar refractivity (Wildman–Crippen MR) is 125 cm³/mol. The maximum absolute atomic E-state index is 13.3. The molecule has 0 atom stereocenters. The fourth-order valence-corrected chi connectivity index (χ4v) is 3.34. The first-order chi connectivity index (χ1) is 16.0. The molecule has 0 unspecified atom stereocenters. The number of carbonyl (C=O) groups is 1. The number of aromatic nitrogens is 2. The number of carbonyl (C=O) groups excluding carboxylic acids is 1. The van der Waals surface area contributed by atoms with E-state index in [1.165, 1.54) is 28.9 Å². The van der Waals surface area contributed by atoms with Crippen LogP contribution < -0.4 is 11.0 Å². The molecule has 0 aliphatic heterocycles. The molecule has 3 aromatic carbocycles. The van der Waals surface area contributed by atoms with Crippen molar-refractivity contribution in [2.45, 2.75) is 6.92 Å². The fourth-order valence-electron chi connectivity index (χ4n) is 3.34. The fraction of sp³-hybridized carbons (Fsp3) is 0.0417. The number of hydrazone groups is 1. The summed E-state index contributed by atoms with van der Waals surface area (Å²) in [6.45, 7) is 1.63. The molecular formula is C24H19N5O4. The molecule has 9 heteroatoms. The van der Waals surface area contributed by atoms with Crippen LogP contribution >= 0.6 is 0 Å². The molecule has 4 aromatic rings. The van der Waals surface area contributed by atoms with Gasteiger partial charge in [0.1, 0.15) is 0 Å². The van der Waals surface area contributed by atoms with Gasteiger partial charge in [-0.25, -0.2) is 10.1 Å². The Bertz CT molecular complexity index is 1390. The van der Waals surface area contributed by atoms with Gasteiger partial charge in [0.05, 0.1) is 27.6 Å². The average Bonchev–Trinajstić information content (AvgIpc) is 3.20. The van der Waals surface area contributed by atoms with Crippen LogP contribution in [0.25, 0.3) is 16.9 Å². The molecule has 4 rings (SSSR count). The normalized spacial score (nSPS) is 11.2. The molecule has 1 heterocycles. The van der Waals surface area contributed by atoms with Crippen LogP contribution in [0.15, 0.2) is 94.8 Å². The van der Waals surface area contributed by atoms with E-state index in [1.807, 2.05) is 30.3 Å². The monoisotopic (exact) mass is 441 g/mol. The van der Waals surface area contributed by atoms with Crippen LogP contribution in [0.3, 0.4) is 0 Å². The Morgan fingerprint density at radius 3 is 2.18 bits per heavy atom. The van der Waals surface area contributed by atoms with Crippen molar-refractivity contribution in [2.75, 3.05) is 0 Å². The van der Waals surface area contributed by atoms with E-state index >= 15 is 0 Å². The number of nitro groups is 1. The number of amides is 1. The molecule has 9 nitrogen and oxygen atoms in total. The predicted octanol–water partition coefficient (Wildman–Crippen LogP) is 3.89. The molecule has 1 amide bonds. The van der Waals surface area contributed by atoms with Gasteiger partial charge in [-0.05, 0) is 31.2 Å². The first-order valence-corrected chi connectivity index (χ1v) is 10.0. The summed E-state index contributed by atoms with van der Waals surface area (Å²) in [6, 6.07) is 23.4. The first kappa shape index (κ1) is 21.4. The lowest BCUT2D eigenvalue weighted by atomic mass is 10.1. The third kappa shape index (κ3) is 4.47. The van der Waals surface area contributed by atoms with E-state index in [2.05, 4.69) is 15.6 Å². The second-order valence-electron chi connectivity index (χ2n) is 7.15. The molecule has 0 aliphatic carbocycles. The molecule has 0 saturated carbocycles. The number of aromatic amines is 1. The summed E-state index contributed by atoms with van der Waals surface area (Å²) in [7, 11) is 0. The Labute approximate surface area is 188 Å². The molecule has 33 heavy (non-hydrogen) atoms. The number of H-pyrrole nitrogens is 1. The van der Waals surface area contributed by atoms with Crippen LogP contribution in [-0.4, -0.2) is 26.3 Å². The van der Waals surface area contributed by atoms with Gasteiger partial charge in [0.2, 0.25) is 0 Å². The Morgan fingerprint density at radius 2 is 1.58 bits per heavy atom. The van der Waals surface area contributed by atoms with Crippen LogP contribution in [0.5, 0.6) is 0 Å². The molecule has 0 saturated heterocycles. The molecular weight excluding hydrogens is 422 g/mol. The summed E-state index contributed by atoms with van der Waals surface area (Å²) < 4.78 is 1.29. The maximum atomic E-state index is 13.3.